The van der Waals surface area contributed by atoms with Gasteiger partial charge in [0.1, 0.15) is 5.75 Å². The van der Waals surface area contributed by atoms with Crippen LogP contribution in [0.5, 0.6) is 5.75 Å². The molecule has 104 valence electrons. The Hall–Kier alpha value is -1.22. The third kappa shape index (κ3) is 2.44. The molecule has 2 unspecified atom stereocenters. The fourth-order valence-corrected chi connectivity index (χ4v) is 3.64. The quantitative estimate of drug-likeness (QED) is 0.860. The lowest BCUT2D eigenvalue weighted by Crippen LogP contribution is -2.45. The number of rotatable bonds is 2. The summed E-state index contributed by atoms with van der Waals surface area (Å²) in [5, 5.41) is 14.0. The van der Waals surface area contributed by atoms with Crippen molar-refractivity contribution in [2.45, 2.75) is 50.7 Å². The molecular weight excluding hydrogens is 238 g/mol. The largest absolute Gasteiger partial charge is 0.496 e. The standard InChI is InChI=1S/C16H23NO2/c1-19-15-9-5-8-13-12(15)10-14(18)16(17-13)11-6-3-2-4-7-11/h5,8-9,11,14,16-18H,2-4,6-7,10H2,1H3. The van der Waals surface area contributed by atoms with Crippen molar-refractivity contribution in [1.29, 1.82) is 0 Å². The number of benzene rings is 1. The minimum Gasteiger partial charge on any atom is -0.496 e. The molecule has 1 aromatic carbocycles. The third-order valence-electron chi connectivity index (χ3n) is 4.66. The van der Waals surface area contributed by atoms with Crippen molar-refractivity contribution in [2.75, 3.05) is 12.4 Å². The minimum atomic E-state index is -0.299. The summed E-state index contributed by atoms with van der Waals surface area (Å²) in [6.45, 7) is 0. The number of aliphatic hydroxyl groups excluding tert-OH is 1. The number of methoxy groups -OCH3 is 1. The third-order valence-corrected chi connectivity index (χ3v) is 4.66. The summed E-state index contributed by atoms with van der Waals surface area (Å²) in [7, 11) is 1.69. The number of fused-ring (bicyclic) bond motifs is 1. The second-order valence-corrected chi connectivity index (χ2v) is 5.83. The number of hydrogen-bond donors (Lipinski definition) is 2. The van der Waals surface area contributed by atoms with E-state index in [1.54, 1.807) is 7.11 Å². The first-order chi connectivity index (χ1) is 9.29. The van der Waals surface area contributed by atoms with Gasteiger partial charge in [-0.05, 0) is 30.9 Å². The Morgan fingerprint density at radius 1 is 1.21 bits per heavy atom. The molecule has 3 rings (SSSR count). The molecule has 2 aliphatic rings. The normalized spacial score (nSPS) is 27.5. The molecule has 0 amide bonds. The fraction of sp³-hybridized carbons (Fsp3) is 0.625. The Morgan fingerprint density at radius 2 is 2.00 bits per heavy atom. The van der Waals surface area contributed by atoms with Gasteiger partial charge in [0.2, 0.25) is 0 Å². The van der Waals surface area contributed by atoms with Crippen LogP contribution in [0, 0.1) is 5.92 Å². The predicted octanol–water partition coefficient (Wildman–Crippen LogP) is 2.97. The summed E-state index contributed by atoms with van der Waals surface area (Å²) < 4.78 is 5.39. The molecule has 3 nitrogen and oxygen atoms in total. The van der Waals surface area contributed by atoms with Crippen molar-refractivity contribution in [1.82, 2.24) is 0 Å². The molecule has 1 heterocycles. The average molecular weight is 261 g/mol. The van der Waals surface area contributed by atoms with Gasteiger partial charge < -0.3 is 15.2 Å². The van der Waals surface area contributed by atoms with E-state index in [9.17, 15) is 5.11 Å². The molecular formula is C16H23NO2. The molecule has 0 bridgehead atoms. The maximum absolute atomic E-state index is 10.5. The highest BCUT2D eigenvalue weighted by Crippen LogP contribution is 2.37. The molecule has 19 heavy (non-hydrogen) atoms. The highest BCUT2D eigenvalue weighted by Gasteiger charge is 2.34. The van der Waals surface area contributed by atoms with E-state index in [2.05, 4.69) is 11.4 Å². The highest BCUT2D eigenvalue weighted by atomic mass is 16.5. The summed E-state index contributed by atoms with van der Waals surface area (Å²) in [5.41, 5.74) is 2.25. The Morgan fingerprint density at radius 3 is 2.74 bits per heavy atom. The molecule has 1 fully saturated rings. The van der Waals surface area contributed by atoms with E-state index >= 15 is 0 Å². The van der Waals surface area contributed by atoms with Gasteiger partial charge in [0.15, 0.2) is 0 Å². The highest BCUT2D eigenvalue weighted by molar-refractivity contribution is 5.60. The van der Waals surface area contributed by atoms with E-state index in [0.717, 1.165) is 17.0 Å². The first-order valence-electron chi connectivity index (χ1n) is 7.40. The predicted molar refractivity (Wildman–Crippen MR) is 76.7 cm³/mol. The second-order valence-electron chi connectivity index (χ2n) is 5.83. The molecule has 0 saturated heterocycles. The van der Waals surface area contributed by atoms with E-state index in [1.165, 1.54) is 32.1 Å². The number of hydrogen-bond acceptors (Lipinski definition) is 3. The Balaban J connectivity index is 1.83. The van der Waals surface area contributed by atoms with Crippen LogP contribution < -0.4 is 10.1 Å². The number of aliphatic hydroxyl groups is 1. The van der Waals surface area contributed by atoms with Gasteiger partial charge in [0, 0.05) is 17.7 Å². The first-order valence-corrected chi connectivity index (χ1v) is 7.40. The Bertz CT molecular complexity index is 440. The lowest BCUT2D eigenvalue weighted by Gasteiger charge is -2.39. The molecule has 1 aromatic rings. The zero-order valence-corrected chi connectivity index (χ0v) is 11.6. The zero-order chi connectivity index (χ0) is 13.2. The molecule has 0 aromatic heterocycles. The van der Waals surface area contributed by atoms with Gasteiger partial charge in [-0.1, -0.05) is 25.3 Å². The summed E-state index contributed by atoms with van der Waals surface area (Å²) in [6, 6.07) is 6.29. The Kier molecular flexibility index (Phi) is 3.65. The van der Waals surface area contributed by atoms with Crippen molar-refractivity contribution >= 4 is 5.69 Å². The molecule has 3 heteroatoms. The maximum atomic E-state index is 10.5. The SMILES string of the molecule is COc1cccc2c1CC(O)C(C1CCCCC1)N2. The molecule has 0 radical (unpaired) electrons. The lowest BCUT2D eigenvalue weighted by atomic mass is 9.78. The first kappa shape index (κ1) is 12.8. The Labute approximate surface area is 115 Å². The number of anilines is 1. The second kappa shape index (κ2) is 5.41. The van der Waals surface area contributed by atoms with Gasteiger partial charge in [-0.25, -0.2) is 0 Å². The van der Waals surface area contributed by atoms with Crippen LogP contribution in [0.4, 0.5) is 5.69 Å². The van der Waals surface area contributed by atoms with Crippen LogP contribution in [0.1, 0.15) is 37.7 Å². The number of ether oxygens (including phenoxy) is 1. The molecule has 1 aliphatic heterocycles. The zero-order valence-electron chi connectivity index (χ0n) is 11.6. The lowest BCUT2D eigenvalue weighted by molar-refractivity contribution is 0.108. The van der Waals surface area contributed by atoms with Crippen LogP contribution in [0.3, 0.4) is 0 Å². The van der Waals surface area contributed by atoms with Gasteiger partial charge in [-0.3, -0.25) is 0 Å². The summed E-state index contributed by atoms with van der Waals surface area (Å²) in [4.78, 5) is 0. The molecule has 2 atom stereocenters. The molecule has 1 saturated carbocycles. The van der Waals surface area contributed by atoms with Crippen LogP contribution in [0.2, 0.25) is 0 Å². The van der Waals surface area contributed by atoms with Crippen LogP contribution in [-0.2, 0) is 6.42 Å². The van der Waals surface area contributed by atoms with Gasteiger partial charge in [-0.2, -0.15) is 0 Å². The van der Waals surface area contributed by atoms with Crippen molar-refractivity contribution in [2.24, 2.45) is 5.92 Å². The average Bonchev–Trinajstić information content (AvgIpc) is 2.47. The van der Waals surface area contributed by atoms with Crippen LogP contribution in [0.15, 0.2) is 18.2 Å². The van der Waals surface area contributed by atoms with E-state index in [-0.39, 0.29) is 12.1 Å². The van der Waals surface area contributed by atoms with Crippen molar-refractivity contribution < 1.29 is 9.84 Å². The van der Waals surface area contributed by atoms with E-state index in [4.69, 9.17) is 4.74 Å². The smallest absolute Gasteiger partial charge is 0.124 e. The maximum Gasteiger partial charge on any atom is 0.124 e. The topological polar surface area (TPSA) is 41.5 Å². The van der Waals surface area contributed by atoms with Crippen LogP contribution >= 0.6 is 0 Å². The van der Waals surface area contributed by atoms with Crippen LogP contribution in [0.25, 0.3) is 0 Å². The molecule has 1 aliphatic carbocycles. The molecule has 2 N–H and O–H groups in total. The monoisotopic (exact) mass is 261 g/mol. The van der Waals surface area contributed by atoms with E-state index in [0.29, 0.717) is 12.3 Å². The molecule has 0 spiro atoms. The van der Waals surface area contributed by atoms with Gasteiger partial charge in [-0.15, -0.1) is 0 Å². The number of nitrogens with one attached hydrogen (secondary N) is 1. The van der Waals surface area contributed by atoms with Crippen molar-refractivity contribution in [3.63, 3.8) is 0 Å². The van der Waals surface area contributed by atoms with Crippen molar-refractivity contribution in [3.8, 4) is 5.75 Å². The van der Waals surface area contributed by atoms with Gasteiger partial charge in [0.25, 0.3) is 0 Å². The summed E-state index contributed by atoms with van der Waals surface area (Å²) in [5.74, 6) is 1.49. The van der Waals surface area contributed by atoms with E-state index < -0.39 is 0 Å². The van der Waals surface area contributed by atoms with Gasteiger partial charge in [0.05, 0.1) is 19.3 Å². The van der Waals surface area contributed by atoms with Crippen LogP contribution in [-0.4, -0.2) is 24.4 Å². The van der Waals surface area contributed by atoms with Crippen molar-refractivity contribution in [3.05, 3.63) is 23.8 Å². The van der Waals surface area contributed by atoms with E-state index in [1.807, 2.05) is 12.1 Å². The van der Waals surface area contributed by atoms with Gasteiger partial charge >= 0.3 is 0 Å². The summed E-state index contributed by atoms with van der Waals surface area (Å²) >= 11 is 0. The fourth-order valence-electron chi connectivity index (χ4n) is 3.64. The summed E-state index contributed by atoms with van der Waals surface area (Å²) in [6.07, 6.45) is 6.85. The minimum absolute atomic E-state index is 0.208.